The Morgan fingerprint density at radius 3 is 2.42 bits per heavy atom. The first-order chi connectivity index (χ1) is 14.8. The SMILES string of the molecule is CC1(C)/C(=C/C=C2/C=C(Br)C=C([N+](=O)[O-])C2=O)N(Cc2ccccc2)c2ccccc21. The van der Waals surface area contributed by atoms with Gasteiger partial charge in [0.25, 0.3) is 5.78 Å². The maximum absolute atomic E-state index is 12.6. The van der Waals surface area contributed by atoms with E-state index in [9.17, 15) is 14.9 Å². The minimum atomic E-state index is -0.644. The Morgan fingerprint density at radius 2 is 1.71 bits per heavy atom. The number of benzene rings is 2. The van der Waals surface area contributed by atoms with Crippen molar-refractivity contribution in [2.45, 2.75) is 25.8 Å². The average Bonchev–Trinajstić information content (AvgIpc) is 2.95. The number of carbonyl (C=O) groups excluding carboxylic acids is 1. The second-order valence-electron chi connectivity index (χ2n) is 8.03. The van der Waals surface area contributed by atoms with Crippen LogP contribution in [0.25, 0.3) is 0 Å². The van der Waals surface area contributed by atoms with Gasteiger partial charge in [0.2, 0.25) is 0 Å². The van der Waals surface area contributed by atoms with Crippen LogP contribution < -0.4 is 4.90 Å². The van der Waals surface area contributed by atoms with E-state index in [2.05, 4.69) is 58.9 Å². The number of para-hydroxylation sites is 1. The number of halogens is 1. The van der Waals surface area contributed by atoms with Crippen LogP contribution >= 0.6 is 15.9 Å². The molecule has 0 bridgehead atoms. The van der Waals surface area contributed by atoms with Crippen LogP contribution in [0.5, 0.6) is 0 Å². The zero-order valence-electron chi connectivity index (χ0n) is 17.2. The smallest absolute Gasteiger partial charge is 0.318 e. The summed E-state index contributed by atoms with van der Waals surface area (Å²) in [6.45, 7) is 4.99. The summed E-state index contributed by atoms with van der Waals surface area (Å²) in [6, 6.07) is 18.5. The number of ketones is 1. The number of nitro groups is 1. The van der Waals surface area contributed by atoms with Crippen molar-refractivity contribution < 1.29 is 9.72 Å². The molecule has 0 spiro atoms. The Bertz CT molecular complexity index is 1190. The fourth-order valence-electron chi connectivity index (χ4n) is 4.11. The Labute approximate surface area is 189 Å². The molecule has 1 aliphatic carbocycles. The fraction of sp³-hybridized carbons (Fsp3) is 0.160. The van der Waals surface area contributed by atoms with Gasteiger partial charge in [0.05, 0.1) is 4.92 Å². The van der Waals surface area contributed by atoms with Crippen LogP contribution in [0.3, 0.4) is 0 Å². The molecule has 156 valence electrons. The minimum absolute atomic E-state index is 0.278. The van der Waals surface area contributed by atoms with Crippen molar-refractivity contribution >= 4 is 27.4 Å². The molecular weight excluding hydrogens is 456 g/mol. The largest absolute Gasteiger partial charge is 0.340 e. The molecule has 0 N–H and O–H groups in total. The standard InChI is InChI=1S/C25H21BrN2O3/c1-25(2)20-10-6-7-11-21(20)27(16-17-8-4-3-5-9-17)23(25)13-12-18-14-19(26)15-22(24(18)29)28(30)31/h3-15H,16H2,1-2H3/b18-12-,23-13-. The van der Waals surface area contributed by atoms with Crippen LogP contribution in [0, 0.1) is 10.1 Å². The van der Waals surface area contributed by atoms with E-state index in [1.54, 1.807) is 12.2 Å². The third kappa shape index (κ3) is 3.91. The van der Waals surface area contributed by atoms with E-state index in [0.717, 1.165) is 11.4 Å². The van der Waals surface area contributed by atoms with Gasteiger partial charge in [0.1, 0.15) is 0 Å². The van der Waals surface area contributed by atoms with Crippen molar-refractivity contribution in [3.05, 3.63) is 122 Å². The second kappa shape index (κ2) is 8.12. The van der Waals surface area contributed by atoms with E-state index in [1.165, 1.54) is 17.2 Å². The van der Waals surface area contributed by atoms with E-state index in [4.69, 9.17) is 0 Å². The number of fused-ring (bicyclic) bond motifs is 1. The van der Waals surface area contributed by atoms with E-state index in [0.29, 0.717) is 11.0 Å². The summed E-state index contributed by atoms with van der Waals surface area (Å²) < 4.78 is 0.499. The Morgan fingerprint density at radius 1 is 1.03 bits per heavy atom. The highest BCUT2D eigenvalue weighted by molar-refractivity contribution is 9.11. The zero-order valence-corrected chi connectivity index (χ0v) is 18.8. The van der Waals surface area contributed by atoms with Gasteiger partial charge in [-0.3, -0.25) is 14.9 Å². The summed E-state index contributed by atoms with van der Waals surface area (Å²) in [5.74, 6) is -0.590. The Hall–Kier alpha value is -3.25. The first-order valence-electron chi connectivity index (χ1n) is 9.90. The third-order valence-electron chi connectivity index (χ3n) is 5.66. The van der Waals surface area contributed by atoms with E-state index < -0.39 is 16.4 Å². The van der Waals surface area contributed by atoms with Crippen molar-refractivity contribution in [2.24, 2.45) is 0 Å². The molecular formula is C25H21BrN2O3. The predicted molar refractivity (Wildman–Crippen MR) is 125 cm³/mol. The van der Waals surface area contributed by atoms with E-state index in [-0.39, 0.29) is 11.0 Å². The summed E-state index contributed by atoms with van der Waals surface area (Å²) in [4.78, 5) is 25.4. The number of carbonyl (C=O) groups is 1. The molecule has 0 amide bonds. The maximum atomic E-state index is 12.6. The van der Waals surface area contributed by atoms with Gasteiger partial charge in [-0.25, -0.2) is 0 Å². The molecule has 2 aromatic rings. The summed E-state index contributed by atoms with van der Waals surface area (Å²) in [7, 11) is 0. The van der Waals surface area contributed by atoms with Crippen LogP contribution in [0.2, 0.25) is 0 Å². The lowest BCUT2D eigenvalue weighted by atomic mass is 9.83. The van der Waals surface area contributed by atoms with Crippen molar-refractivity contribution in [1.82, 2.24) is 0 Å². The van der Waals surface area contributed by atoms with Crippen LogP contribution in [-0.4, -0.2) is 10.7 Å². The summed E-state index contributed by atoms with van der Waals surface area (Å²) in [6.07, 6.45) is 6.45. The maximum Gasteiger partial charge on any atom is 0.318 e. The molecule has 5 nitrogen and oxygen atoms in total. The minimum Gasteiger partial charge on any atom is -0.340 e. The van der Waals surface area contributed by atoms with Gasteiger partial charge in [-0.15, -0.1) is 0 Å². The molecule has 31 heavy (non-hydrogen) atoms. The average molecular weight is 477 g/mol. The van der Waals surface area contributed by atoms with Gasteiger partial charge in [-0.2, -0.15) is 0 Å². The van der Waals surface area contributed by atoms with Crippen molar-refractivity contribution in [1.29, 1.82) is 0 Å². The summed E-state index contributed by atoms with van der Waals surface area (Å²) in [5.41, 5.74) is 4.08. The van der Waals surface area contributed by atoms with E-state index >= 15 is 0 Å². The molecule has 0 saturated heterocycles. The molecule has 1 heterocycles. The summed E-state index contributed by atoms with van der Waals surface area (Å²) in [5, 5.41) is 11.2. The third-order valence-corrected chi connectivity index (χ3v) is 6.12. The summed E-state index contributed by atoms with van der Waals surface area (Å²) >= 11 is 3.28. The lowest BCUT2D eigenvalue weighted by Gasteiger charge is -2.27. The van der Waals surface area contributed by atoms with Gasteiger partial charge in [0, 0.05) is 39.5 Å². The lowest BCUT2D eigenvalue weighted by Crippen LogP contribution is -2.26. The monoisotopic (exact) mass is 476 g/mol. The first-order valence-corrected chi connectivity index (χ1v) is 10.7. The van der Waals surface area contributed by atoms with E-state index in [1.807, 2.05) is 36.4 Å². The molecule has 0 saturated carbocycles. The topological polar surface area (TPSA) is 63.5 Å². The molecule has 0 radical (unpaired) electrons. The first kappa shape index (κ1) is 21.0. The number of hydrogen-bond donors (Lipinski definition) is 0. The number of anilines is 1. The van der Waals surface area contributed by atoms with Crippen molar-refractivity contribution in [2.75, 3.05) is 4.90 Å². The second-order valence-corrected chi connectivity index (χ2v) is 8.95. The Balaban J connectivity index is 1.79. The van der Waals surface area contributed by atoms with Crippen LogP contribution in [0.15, 0.2) is 100 Å². The van der Waals surface area contributed by atoms with Crippen molar-refractivity contribution in [3.63, 3.8) is 0 Å². The van der Waals surface area contributed by atoms with Crippen LogP contribution in [-0.2, 0) is 16.8 Å². The molecule has 0 fully saturated rings. The highest BCUT2D eigenvalue weighted by Gasteiger charge is 2.39. The molecule has 2 aliphatic rings. The number of Topliss-reactive ketones (excluding diaryl/α,β-unsaturated/α-hetero) is 1. The van der Waals surface area contributed by atoms with Gasteiger partial charge >= 0.3 is 5.70 Å². The fourth-order valence-corrected chi connectivity index (χ4v) is 4.57. The van der Waals surface area contributed by atoms with Gasteiger partial charge in [-0.05, 0) is 35.4 Å². The molecule has 0 unspecified atom stereocenters. The quantitative estimate of drug-likeness (QED) is 0.317. The lowest BCUT2D eigenvalue weighted by molar-refractivity contribution is -0.418. The zero-order chi connectivity index (χ0) is 22.2. The number of rotatable bonds is 4. The molecule has 6 heteroatoms. The number of allylic oxidation sites excluding steroid dienone is 7. The Kier molecular flexibility index (Phi) is 5.50. The molecule has 4 rings (SSSR count). The normalized spacial score (nSPS) is 20.0. The molecule has 0 atom stereocenters. The van der Waals surface area contributed by atoms with Gasteiger partial charge in [0.15, 0.2) is 0 Å². The molecule has 2 aromatic carbocycles. The van der Waals surface area contributed by atoms with Crippen molar-refractivity contribution in [3.8, 4) is 0 Å². The van der Waals surface area contributed by atoms with Crippen LogP contribution in [0.4, 0.5) is 5.69 Å². The van der Waals surface area contributed by atoms with Gasteiger partial charge in [-0.1, -0.05) is 78.3 Å². The number of hydrogen-bond acceptors (Lipinski definition) is 4. The van der Waals surface area contributed by atoms with Crippen LogP contribution in [0.1, 0.15) is 25.0 Å². The molecule has 1 aliphatic heterocycles. The number of nitrogens with zero attached hydrogens (tertiary/aromatic N) is 2. The highest BCUT2D eigenvalue weighted by Crippen LogP contribution is 2.48. The highest BCUT2D eigenvalue weighted by atomic mass is 79.9. The predicted octanol–water partition coefficient (Wildman–Crippen LogP) is 5.82. The molecule has 0 aromatic heterocycles. The van der Waals surface area contributed by atoms with Gasteiger partial charge < -0.3 is 4.90 Å².